The fraction of sp³-hybridized carbons (Fsp3) is 0.636. The van der Waals surface area contributed by atoms with Gasteiger partial charge in [0, 0.05) is 22.3 Å². The summed E-state index contributed by atoms with van der Waals surface area (Å²) < 4.78 is 27.1. The highest BCUT2D eigenvalue weighted by molar-refractivity contribution is 7.89. The second-order valence-corrected chi connectivity index (χ2v) is 7.44. The number of aryl methyl sites for hydroxylation is 1. The standard InChI is InChI=1S/C11H18N2O2S2/c1-8-11(6-10(16-8)7-12-2)17(14,15)13-9-4-3-5-9/h6,9,12-13H,3-5,7H2,1-2H3. The van der Waals surface area contributed by atoms with Gasteiger partial charge in [-0.2, -0.15) is 0 Å². The van der Waals surface area contributed by atoms with E-state index in [0.29, 0.717) is 11.4 Å². The first kappa shape index (κ1) is 13.0. The van der Waals surface area contributed by atoms with E-state index in [0.717, 1.165) is 29.0 Å². The SMILES string of the molecule is CNCc1cc(S(=O)(=O)NC2CCC2)c(C)s1. The molecule has 1 aliphatic carbocycles. The molecule has 1 saturated carbocycles. The third-order valence-electron chi connectivity index (χ3n) is 2.99. The number of hydrogen-bond donors (Lipinski definition) is 2. The Morgan fingerprint density at radius 1 is 1.47 bits per heavy atom. The predicted molar refractivity (Wildman–Crippen MR) is 69.8 cm³/mol. The lowest BCUT2D eigenvalue weighted by Crippen LogP contribution is -2.39. The summed E-state index contributed by atoms with van der Waals surface area (Å²) in [6, 6.07) is 1.92. The Hall–Kier alpha value is -0.430. The number of rotatable bonds is 5. The minimum absolute atomic E-state index is 0.145. The van der Waals surface area contributed by atoms with Gasteiger partial charge in [-0.1, -0.05) is 6.42 Å². The molecule has 0 saturated heterocycles. The summed E-state index contributed by atoms with van der Waals surface area (Å²) in [6.07, 6.45) is 3.05. The van der Waals surface area contributed by atoms with Gasteiger partial charge in [0.1, 0.15) is 0 Å². The molecule has 17 heavy (non-hydrogen) atoms. The van der Waals surface area contributed by atoms with Crippen LogP contribution < -0.4 is 10.0 Å². The summed E-state index contributed by atoms with van der Waals surface area (Å²) in [4.78, 5) is 2.36. The molecule has 0 aromatic carbocycles. The molecule has 0 atom stereocenters. The number of sulfonamides is 1. The van der Waals surface area contributed by atoms with Crippen molar-refractivity contribution in [2.45, 2.75) is 43.7 Å². The van der Waals surface area contributed by atoms with Crippen LogP contribution in [0.15, 0.2) is 11.0 Å². The lowest BCUT2D eigenvalue weighted by molar-refractivity contribution is 0.383. The van der Waals surface area contributed by atoms with Gasteiger partial charge in [-0.3, -0.25) is 0 Å². The Kier molecular flexibility index (Phi) is 3.87. The molecule has 0 amide bonds. The maximum atomic E-state index is 12.1. The van der Waals surface area contributed by atoms with Gasteiger partial charge in [0.25, 0.3) is 0 Å². The fourth-order valence-electron chi connectivity index (χ4n) is 1.86. The molecule has 0 aliphatic heterocycles. The monoisotopic (exact) mass is 274 g/mol. The van der Waals surface area contributed by atoms with Crippen LogP contribution in [-0.4, -0.2) is 21.5 Å². The van der Waals surface area contributed by atoms with Gasteiger partial charge in [0.15, 0.2) is 0 Å². The third kappa shape index (κ3) is 2.88. The molecule has 1 fully saturated rings. The summed E-state index contributed by atoms with van der Waals surface area (Å²) in [5, 5.41) is 3.03. The zero-order chi connectivity index (χ0) is 12.5. The average molecular weight is 274 g/mol. The molecule has 1 aromatic heterocycles. The molecule has 2 N–H and O–H groups in total. The highest BCUT2D eigenvalue weighted by atomic mass is 32.2. The van der Waals surface area contributed by atoms with E-state index in [1.807, 2.05) is 14.0 Å². The molecule has 2 rings (SSSR count). The molecule has 1 aliphatic rings. The Morgan fingerprint density at radius 2 is 2.18 bits per heavy atom. The number of nitrogens with one attached hydrogen (secondary N) is 2. The van der Waals surface area contributed by atoms with Crippen LogP contribution in [0.3, 0.4) is 0 Å². The Morgan fingerprint density at radius 3 is 2.71 bits per heavy atom. The number of thiophene rings is 1. The van der Waals surface area contributed by atoms with Crippen LogP contribution >= 0.6 is 11.3 Å². The van der Waals surface area contributed by atoms with E-state index >= 15 is 0 Å². The van der Waals surface area contributed by atoms with Crippen LogP contribution in [0.25, 0.3) is 0 Å². The summed E-state index contributed by atoms with van der Waals surface area (Å²) in [6.45, 7) is 2.57. The molecule has 0 radical (unpaired) electrons. The van der Waals surface area contributed by atoms with Crippen molar-refractivity contribution in [1.29, 1.82) is 0 Å². The predicted octanol–water partition coefficient (Wildman–Crippen LogP) is 1.61. The fourth-order valence-corrected chi connectivity index (χ4v) is 4.81. The first-order chi connectivity index (χ1) is 8.03. The zero-order valence-electron chi connectivity index (χ0n) is 10.1. The Labute approximate surface area is 106 Å². The maximum Gasteiger partial charge on any atom is 0.241 e. The lowest BCUT2D eigenvalue weighted by Gasteiger charge is -2.25. The van der Waals surface area contributed by atoms with Gasteiger partial charge in [0.05, 0.1) is 4.90 Å². The van der Waals surface area contributed by atoms with Crippen LogP contribution in [0.4, 0.5) is 0 Å². The first-order valence-corrected chi connectivity index (χ1v) is 8.09. The summed E-state index contributed by atoms with van der Waals surface area (Å²) in [5.41, 5.74) is 0. The van der Waals surface area contributed by atoms with Gasteiger partial charge in [-0.05, 0) is 32.9 Å². The van der Waals surface area contributed by atoms with Crippen molar-refractivity contribution in [3.05, 3.63) is 15.8 Å². The normalized spacial score (nSPS) is 17.1. The minimum atomic E-state index is -3.32. The smallest absolute Gasteiger partial charge is 0.241 e. The molecule has 1 heterocycles. The van der Waals surface area contributed by atoms with Gasteiger partial charge in [0.2, 0.25) is 10.0 Å². The summed E-state index contributed by atoms with van der Waals surface area (Å²) >= 11 is 1.54. The van der Waals surface area contributed by atoms with E-state index in [4.69, 9.17) is 0 Å². The van der Waals surface area contributed by atoms with Gasteiger partial charge < -0.3 is 5.32 Å². The molecule has 4 nitrogen and oxygen atoms in total. The maximum absolute atomic E-state index is 12.1. The molecule has 0 unspecified atom stereocenters. The van der Waals surface area contributed by atoms with E-state index in [-0.39, 0.29) is 6.04 Å². The largest absolute Gasteiger partial charge is 0.315 e. The molecular formula is C11H18N2O2S2. The molecule has 0 spiro atoms. The highest BCUT2D eigenvalue weighted by Gasteiger charge is 2.26. The molecule has 96 valence electrons. The van der Waals surface area contributed by atoms with Crippen molar-refractivity contribution in [2.75, 3.05) is 7.05 Å². The second-order valence-electron chi connectivity index (χ2n) is 4.41. The van der Waals surface area contributed by atoms with Crippen molar-refractivity contribution in [1.82, 2.24) is 10.0 Å². The van der Waals surface area contributed by atoms with E-state index in [9.17, 15) is 8.42 Å². The Balaban J connectivity index is 2.19. The zero-order valence-corrected chi connectivity index (χ0v) is 11.7. The van der Waals surface area contributed by atoms with E-state index in [2.05, 4.69) is 10.0 Å². The van der Waals surface area contributed by atoms with Crippen LogP contribution in [0.2, 0.25) is 0 Å². The van der Waals surface area contributed by atoms with Crippen LogP contribution in [-0.2, 0) is 16.6 Å². The lowest BCUT2D eigenvalue weighted by atomic mass is 9.94. The molecule has 0 bridgehead atoms. The van der Waals surface area contributed by atoms with E-state index in [1.54, 1.807) is 6.07 Å². The van der Waals surface area contributed by atoms with Crippen LogP contribution in [0, 0.1) is 6.92 Å². The van der Waals surface area contributed by atoms with Crippen LogP contribution in [0.5, 0.6) is 0 Å². The van der Waals surface area contributed by atoms with Crippen molar-refractivity contribution >= 4 is 21.4 Å². The van der Waals surface area contributed by atoms with Gasteiger partial charge in [-0.25, -0.2) is 13.1 Å². The third-order valence-corrected chi connectivity index (χ3v) is 5.82. The van der Waals surface area contributed by atoms with Gasteiger partial charge in [-0.15, -0.1) is 11.3 Å². The Bertz CT molecular complexity index is 490. The van der Waals surface area contributed by atoms with Crippen molar-refractivity contribution in [3.8, 4) is 0 Å². The van der Waals surface area contributed by atoms with Crippen molar-refractivity contribution in [2.24, 2.45) is 0 Å². The van der Waals surface area contributed by atoms with E-state index < -0.39 is 10.0 Å². The molecular weight excluding hydrogens is 256 g/mol. The van der Waals surface area contributed by atoms with Crippen molar-refractivity contribution < 1.29 is 8.42 Å². The summed E-state index contributed by atoms with van der Waals surface area (Å²) in [5.74, 6) is 0. The topological polar surface area (TPSA) is 58.2 Å². The highest BCUT2D eigenvalue weighted by Crippen LogP contribution is 2.27. The van der Waals surface area contributed by atoms with Crippen molar-refractivity contribution in [3.63, 3.8) is 0 Å². The first-order valence-electron chi connectivity index (χ1n) is 5.79. The summed E-state index contributed by atoms with van der Waals surface area (Å²) in [7, 11) is -1.46. The second kappa shape index (κ2) is 5.06. The quantitative estimate of drug-likeness (QED) is 0.857. The number of hydrogen-bond acceptors (Lipinski definition) is 4. The average Bonchev–Trinajstić information content (AvgIpc) is 2.55. The van der Waals surface area contributed by atoms with Gasteiger partial charge >= 0.3 is 0 Å². The van der Waals surface area contributed by atoms with Crippen LogP contribution in [0.1, 0.15) is 29.0 Å². The minimum Gasteiger partial charge on any atom is -0.315 e. The van der Waals surface area contributed by atoms with E-state index in [1.165, 1.54) is 11.3 Å². The molecule has 1 aromatic rings. The molecule has 6 heteroatoms.